The fraction of sp³-hybridized carbons (Fsp3) is 0.625. The monoisotopic (exact) mass is 231 g/mol. The van der Waals surface area contributed by atoms with Crippen LogP contribution in [0.5, 0.6) is 0 Å². The number of hydrogen-bond acceptors (Lipinski definition) is 1. The second-order valence-corrected chi connectivity index (χ2v) is 5.68. The van der Waals surface area contributed by atoms with Crippen LogP contribution in [0.1, 0.15) is 51.1 Å². The summed E-state index contributed by atoms with van der Waals surface area (Å²) in [5.41, 5.74) is 1.40. The minimum absolute atomic E-state index is 0.480. The van der Waals surface area contributed by atoms with Gasteiger partial charge in [-0.1, -0.05) is 50.1 Å². The van der Waals surface area contributed by atoms with Gasteiger partial charge in [-0.15, -0.1) is 0 Å². The summed E-state index contributed by atoms with van der Waals surface area (Å²) in [7, 11) is 0. The van der Waals surface area contributed by atoms with Crippen LogP contribution < -0.4 is 5.32 Å². The molecule has 0 aliphatic heterocycles. The van der Waals surface area contributed by atoms with Crippen LogP contribution in [0, 0.1) is 11.8 Å². The van der Waals surface area contributed by atoms with Crippen molar-refractivity contribution in [2.24, 2.45) is 11.8 Å². The van der Waals surface area contributed by atoms with Crippen LogP contribution in [0.15, 0.2) is 30.3 Å². The van der Waals surface area contributed by atoms with E-state index in [-0.39, 0.29) is 0 Å². The highest BCUT2D eigenvalue weighted by molar-refractivity contribution is 5.17. The molecule has 1 aromatic rings. The van der Waals surface area contributed by atoms with Gasteiger partial charge in [0, 0.05) is 6.04 Å². The predicted octanol–water partition coefficient (Wildman–Crippen LogP) is 4.16. The molecule has 1 aliphatic carbocycles. The fourth-order valence-corrected chi connectivity index (χ4v) is 2.95. The third-order valence-corrected chi connectivity index (χ3v) is 4.06. The maximum atomic E-state index is 3.69. The standard InChI is InChI=1S/C16H25N/c1-13-7-6-8-15(11-13)12-17-14(2)16-9-4-3-5-10-16/h3-5,9-10,13-15,17H,6-8,11-12H2,1-2H3/t13?,14-,15?/m0/s1. The minimum Gasteiger partial charge on any atom is -0.310 e. The zero-order chi connectivity index (χ0) is 12.1. The van der Waals surface area contributed by atoms with Crippen LogP contribution in [0.3, 0.4) is 0 Å². The maximum absolute atomic E-state index is 3.69. The van der Waals surface area contributed by atoms with Crippen molar-refractivity contribution in [3.63, 3.8) is 0 Å². The lowest BCUT2D eigenvalue weighted by molar-refractivity contribution is 0.268. The quantitative estimate of drug-likeness (QED) is 0.820. The van der Waals surface area contributed by atoms with Crippen molar-refractivity contribution in [2.75, 3.05) is 6.54 Å². The van der Waals surface area contributed by atoms with E-state index < -0.39 is 0 Å². The first kappa shape index (κ1) is 12.6. The molecule has 2 rings (SSSR count). The van der Waals surface area contributed by atoms with Crippen LogP contribution in [0.25, 0.3) is 0 Å². The Hall–Kier alpha value is -0.820. The average Bonchev–Trinajstić information content (AvgIpc) is 2.37. The summed E-state index contributed by atoms with van der Waals surface area (Å²) >= 11 is 0. The van der Waals surface area contributed by atoms with E-state index in [1.165, 1.54) is 37.8 Å². The fourth-order valence-electron chi connectivity index (χ4n) is 2.95. The Labute approximate surface area is 106 Å². The summed E-state index contributed by atoms with van der Waals surface area (Å²) in [6.45, 7) is 5.84. The van der Waals surface area contributed by atoms with Crippen LogP contribution in [-0.2, 0) is 0 Å². The smallest absolute Gasteiger partial charge is 0.0291 e. The molecular formula is C16H25N. The summed E-state index contributed by atoms with van der Waals surface area (Å²) in [5.74, 6) is 1.83. The van der Waals surface area contributed by atoms with Gasteiger partial charge in [0.25, 0.3) is 0 Å². The Balaban J connectivity index is 1.78. The van der Waals surface area contributed by atoms with Crippen LogP contribution >= 0.6 is 0 Å². The molecule has 1 aromatic carbocycles. The van der Waals surface area contributed by atoms with Gasteiger partial charge in [-0.25, -0.2) is 0 Å². The van der Waals surface area contributed by atoms with Crippen molar-refractivity contribution in [3.8, 4) is 0 Å². The highest BCUT2D eigenvalue weighted by atomic mass is 14.9. The number of rotatable bonds is 4. The molecular weight excluding hydrogens is 206 g/mol. The lowest BCUT2D eigenvalue weighted by atomic mass is 9.82. The molecule has 1 fully saturated rings. The molecule has 0 radical (unpaired) electrons. The molecule has 1 heteroatoms. The lowest BCUT2D eigenvalue weighted by Crippen LogP contribution is -2.28. The van der Waals surface area contributed by atoms with Gasteiger partial charge in [-0.2, -0.15) is 0 Å². The van der Waals surface area contributed by atoms with E-state index in [1.54, 1.807) is 0 Å². The van der Waals surface area contributed by atoms with Gasteiger partial charge in [0.2, 0.25) is 0 Å². The van der Waals surface area contributed by atoms with Gasteiger partial charge in [0.1, 0.15) is 0 Å². The van der Waals surface area contributed by atoms with Gasteiger partial charge >= 0.3 is 0 Å². The largest absolute Gasteiger partial charge is 0.310 e. The number of hydrogen-bond donors (Lipinski definition) is 1. The first-order valence-electron chi connectivity index (χ1n) is 7.04. The molecule has 1 aliphatic rings. The maximum Gasteiger partial charge on any atom is 0.0291 e. The third-order valence-electron chi connectivity index (χ3n) is 4.06. The molecule has 0 aromatic heterocycles. The second-order valence-electron chi connectivity index (χ2n) is 5.68. The van der Waals surface area contributed by atoms with Crippen molar-refractivity contribution in [3.05, 3.63) is 35.9 Å². The summed E-state index contributed by atoms with van der Waals surface area (Å²) in [5, 5.41) is 3.69. The van der Waals surface area contributed by atoms with Gasteiger partial charge in [-0.3, -0.25) is 0 Å². The Kier molecular flexibility index (Phi) is 4.61. The Morgan fingerprint density at radius 3 is 2.71 bits per heavy atom. The van der Waals surface area contributed by atoms with Crippen LogP contribution in [0.2, 0.25) is 0 Å². The molecule has 2 unspecified atom stereocenters. The third kappa shape index (κ3) is 3.85. The van der Waals surface area contributed by atoms with Gasteiger partial charge in [0.15, 0.2) is 0 Å². The van der Waals surface area contributed by atoms with E-state index in [9.17, 15) is 0 Å². The molecule has 0 spiro atoms. The summed E-state index contributed by atoms with van der Waals surface area (Å²) in [4.78, 5) is 0. The molecule has 3 atom stereocenters. The van der Waals surface area contributed by atoms with E-state index in [2.05, 4.69) is 49.5 Å². The summed E-state index contributed by atoms with van der Waals surface area (Å²) in [6, 6.07) is 11.2. The van der Waals surface area contributed by atoms with Gasteiger partial charge in [0.05, 0.1) is 0 Å². The Morgan fingerprint density at radius 1 is 1.24 bits per heavy atom. The topological polar surface area (TPSA) is 12.0 Å². The van der Waals surface area contributed by atoms with E-state index >= 15 is 0 Å². The van der Waals surface area contributed by atoms with Gasteiger partial charge in [-0.05, 0) is 43.7 Å². The molecule has 1 saturated carbocycles. The summed E-state index contributed by atoms with van der Waals surface area (Å²) in [6.07, 6.45) is 5.69. The van der Waals surface area contributed by atoms with E-state index in [0.717, 1.165) is 11.8 Å². The number of nitrogens with one attached hydrogen (secondary N) is 1. The first-order chi connectivity index (χ1) is 8.25. The SMILES string of the molecule is CC1CCCC(CN[C@@H](C)c2ccccc2)C1. The average molecular weight is 231 g/mol. The number of benzene rings is 1. The van der Waals surface area contributed by atoms with Crippen LogP contribution in [0.4, 0.5) is 0 Å². The molecule has 1 nitrogen and oxygen atoms in total. The normalized spacial score (nSPS) is 26.7. The first-order valence-corrected chi connectivity index (χ1v) is 7.04. The predicted molar refractivity (Wildman–Crippen MR) is 74.0 cm³/mol. The minimum atomic E-state index is 0.480. The van der Waals surface area contributed by atoms with E-state index in [1.807, 2.05) is 0 Å². The second kappa shape index (κ2) is 6.20. The lowest BCUT2D eigenvalue weighted by Gasteiger charge is -2.28. The zero-order valence-corrected chi connectivity index (χ0v) is 11.2. The zero-order valence-electron chi connectivity index (χ0n) is 11.2. The molecule has 1 N–H and O–H groups in total. The summed E-state index contributed by atoms with van der Waals surface area (Å²) < 4.78 is 0. The van der Waals surface area contributed by atoms with Gasteiger partial charge < -0.3 is 5.32 Å². The Bertz CT molecular complexity index is 320. The van der Waals surface area contributed by atoms with E-state index in [4.69, 9.17) is 0 Å². The van der Waals surface area contributed by atoms with Crippen LogP contribution in [-0.4, -0.2) is 6.54 Å². The molecule has 0 heterocycles. The van der Waals surface area contributed by atoms with Crippen molar-refractivity contribution in [1.29, 1.82) is 0 Å². The molecule has 94 valence electrons. The van der Waals surface area contributed by atoms with Crippen molar-refractivity contribution in [2.45, 2.75) is 45.6 Å². The van der Waals surface area contributed by atoms with Crippen molar-refractivity contribution >= 4 is 0 Å². The van der Waals surface area contributed by atoms with Crippen molar-refractivity contribution < 1.29 is 0 Å². The van der Waals surface area contributed by atoms with Crippen molar-refractivity contribution in [1.82, 2.24) is 5.32 Å². The molecule has 0 amide bonds. The molecule has 0 bridgehead atoms. The Morgan fingerprint density at radius 2 is 2.00 bits per heavy atom. The molecule has 0 saturated heterocycles. The van der Waals surface area contributed by atoms with E-state index in [0.29, 0.717) is 6.04 Å². The highest BCUT2D eigenvalue weighted by Gasteiger charge is 2.19. The molecule has 17 heavy (non-hydrogen) atoms. The highest BCUT2D eigenvalue weighted by Crippen LogP contribution is 2.28.